The topological polar surface area (TPSA) is 0 Å². The predicted octanol–water partition coefficient (Wildman–Crippen LogP) is 5.00. The van der Waals surface area contributed by atoms with Crippen molar-refractivity contribution in [3.63, 3.8) is 0 Å². The van der Waals surface area contributed by atoms with Gasteiger partial charge in [0.05, 0.1) is 0 Å². The molecule has 0 bridgehead atoms. The van der Waals surface area contributed by atoms with E-state index in [0.29, 0.717) is 0 Å². The van der Waals surface area contributed by atoms with Crippen LogP contribution in [0.15, 0.2) is 0 Å². The molecule has 1 fully saturated rings. The van der Waals surface area contributed by atoms with Crippen LogP contribution in [0, 0.1) is 0 Å². The first-order chi connectivity index (χ1) is 6.80. The monoisotopic (exact) mass is 264 g/mol. The van der Waals surface area contributed by atoms with Crippen molar-refractivity contribution in [2.75, 3.05) is 0 Å². The predicted molar refractivity (Wildman–Crippen MR) is 63.8 cm³/mol. The van der Waals surface area contributed by atoms with Crippen molar-refractivity contribution >= 4 is 15.9 Å². The molecular weight excluding hydrogens is 243 g/mol. The van der Waals surface area contributed by atoms with E-state index in [2.05, 4.69) is 15.9 Å². The molecule has 84 valence electrons. The van der Waals surface area contributed by atoms with Crippen LogP contribution in [-0.4, -0.2) is 11.0 Å². The van der Waals surface area contributed by atoms with Gasteiger partial charge in [-0.2, -0.15) is 0 Å². The molecule has 0 aromatic heterocycles. The van der Waals surface area contributed by atoms with Gasteiger partial charge in [0.15, 0.2) is 0 Å². The van der Waals surface area contributed by atoms with Gasteiger partial charge in [0, 0.05) is 4.83 Å². The van der Waals surface area contributed by atoms with E-state index >= 15 is 0 Å². The molecule has 1 aliphatic rings. The summed E-state index contributed by atoms with van der Waals surface area (Å²) in [5.74, 6) is 0. The highest BCUT2D eigenvalue weighted by Gasteiger charge is 2.17. The van der Waals surface area contributed by atoms with E-state index in [0.717, 1.165) is 19.3 Å². The third-order valence-corrected chi connectivity index (χ3v) is 4.13. The lowest BCUT2D eigenvalue weighted by Crippen LogP contribution is -2.15. The molecular formula is C12H22BrF. The molecule has 0 unspecified atom stereocenters. The fourth-order valence-electron chi connectivity index (χ4n) is 2.10. The zero-order valence-electron chi connectivity index (χ0n) is 8.98. The Morgan fingerprint density at radius 2 is 1.14 bits per heavy atom. The Bertz CT molecular complexity index is 122. The molecule has 14 heavy (non-hydrogen) atoms. The van der Waals surface area contributed by atoms with Crippen molar-refractivity contribution < 1.29 is 4.39 Å². The average molecular weight is 265 g/mol. The Morgan fingerprint density at radius 3 is 1.71 bits per heavy atom. The normalized spacial score (nSPS) is 33.0. The quantitative estimate of drug-likeness (QED) is 0.540. The molecule has 2 heteroatoms. The van der Waals surface area contributed by atoms with Crippen molar-refractivity contribution in [1.82, 2.24) is 0 Å². The average Bonchev–Trinajstić information content (AvgIpc) is 2.18. The summed E-state index contributed by atoms with van der Waals surface area (Å²) in [7, 11) is 0. The SMILES string of the molecule is F[C@@H]1CCCCCCCCCC[C@@H]1Br. The summed E-state index contributed by atoms with van der Waals surface area (Å²) >= 11 is 3.47. The number of rotatable bonds is 0. The van der Waals surface area contributed by atoms with Gasteiger partial charge >= 0.3 is 0 Å². The summed E-state index contributed by atoms with van der Waals surface area (Å²) in [4.78, 5) is 0.113. The summed E-state index contributed by atoms with van der Waals surface area (Å²) in [6, 6.07) is 0. The molecule has 1 rings (SSSR count). The molecule has 0 saturated heterocycles. The Labute approximate surface area is 95.8 Å². The molecule has 0 nitrogen and oxygen atoms in total. The zero-order chi connectivity index (χ0) is 10.2. The lowest BCUT2D eigenvalue weighted by atomic mass is 10.0. The molecule has 0 spiro atoms. The number of alkyl halides is 2. The van der Waals surface area contributed by atoms with E-state index in [4.69, 9.17) is 0 Å². The van der Waals surface area contributed by atoms with Crippen LogP contribution in [0.4, 0.5) is 4.39 Å². The van der Waals surface area contributed by atoms with Gasteiger partial charge in [0.1, 0.15) is 6.17 Å². The van der Waals surface area contributed by atoms with E-state index < -0.39 is 6.17 Å². The first-order valence-electron chi connectivity index (χ1n) is 6.09. The van der Waals surface area contributed by atoms with Crippen LogP contribution in [0.25, 0.3) is 0 Å². The van der Waals surface area contributed by atoms with E-state index in [1.54, 1.807) is 0 Å². The maximum atomic E-state index is 13.5. The maximum absolute atomic E-state index is 13.5. The Morgan fingerprint density at radius 1 is 0.714 bits per heavy atom. The van der Waals surface area contributed by atoms with Crippen LogP contribution in [0.5, 0.6) is 0 Å². The lowest BCUT2D eigenvalue weighted by Gasteiger charge is -2.15. The molecule has 0 amide bonds. The highest BCUT2D eigenvalue weighted by Crippen LogP contribution is 2.23. The van der Waals surface area contributed by atoms with Gasteiger partial charge in [-0.15, -0.1) is 0 Å². The second kappa shape index (κ2) is 7.67. The van der Waals surface area contributed by atoms with E-state index in [-0.39, 0.29) is 4.83 Å². The van der Waals surface area contributed by atoms with Crippen LogP contribution in [0.3, 0.4) is 0 Å². The number of hydrogen-bond acceptors (Lipinski definition) is 0. The van der Waals surface area contributed by atoms with Crippen LogP contribution in [0.2, 0.25) is 0 Å². The lowest BCUT2D eigenvalue weighted by molar-refractivity contribution is 0.288. The molecule has 0 aromatic carbocycles. The van der Waals surface area contributed by atoms with Gasteiger partial charge in [-0.3, -0.25) is 0 Å². The molecule has 0 aromatic rings. The standard InChI is InChI=1S/C12H22BrF/c13-11-9-7-5-3-1-2-4-6-8-10-12(11)14/h11-12H,1-10H2/t11-,12+/m0/s1. The smallest absolute Gasteiger partial charge is 0.113 e. The van der Waals surface area contributed by atoms with E-state index in [9.17, 15) is 4.39 Å². The van der Waals surface area contributed by atoms with Crippen molar-refractivity contribution in [2.24, 2.45) is 0 Å². The molecule has 0 N–H and O–H groups in total. The van der Waals surface area contributed by atoms with Gasteiger partial charge < -0.3 is 0 Å². The largest absolute Gasteiger partial charge is 0.246 e. The van der Waals surface area contributed by atoms with Gasteiger partial charge in [-0.25, -0.2) is 4.39 Å². The van der Waals surface area contributed by atoms with Crippen molar-refractivity contribution in [2.45, 2.75) is 75.2 Å². The van der Waals surface area contributed by atoms with Gasteiger partial charge in [0.2, 0.25) is 0 Å². The van der Waals surface area contributed by atoms with E-state index in [1.807, 2.05) is 0 Å². The highest BCUT2D eigenvalue weighted by molar-refractivity contribution is 9.09. The molecule has 0 heterocycles. The summed E-state index contributed by atoms with van der Waals surface area (Å²) in [6.45, 7) is 0. The Kier molecular flexibility index (Phi) is 6.84. The van der Waals surface area contributed by atoms with E-state index in [1.165, 1.54) is 44.9 Å². The summed E-state index contributed by atoms with van der Waals surface area (Å²) in [5, 5.41) is 0. The summed E-state index contributed by atoms with van der Waals surface area (Å²) in [6.07, 6.45) is 11.3. The second-order valence-corrected chi connectivity index (χ2v) is 5.61. The minimum atomic E-state index is -0.616. The van der Waals surface area contributed by atoms with Crippen LogP contribution in [-0.2, 0) is 0 Å². The first kappa shape index (κ1) is 12.5. The van der Waals surface area contributed by atoms with Crippen molar-refractivity contribution in [3.8, 4) is 0 Å². The minimum absolute atomic E-state index is 0.113. The minimum Gasteiger partial charge on any atom is -0.246 e. The van der Waals surface area contributed by atoms with Crippen molar-refractivity contribution in [1.29, 1.82) is 0 Å². The van der Waals surface area contributed by atoms with Crippen LogP contribution < -0.4 is 0 Å². The van der Waals surface area contributed by atoms with Gasteiger partial charge in [-0.05, 0) is 12.8 Å². The third-order valence-electron chi connectivity index (χ3n) is 3.10. The zero-order valence-corrected chi connectivity index (χ0v) is 10.6. The first-order valence-corrected chi connectivity index (χ1v) is 7.00. The fourth-order valence-corrected chi connectivity index (χ4v) is 2.69. The maximum Gasteiger partial charge on any atom is 0.113 e. The Hall–Kier alpha value is 0.410. The number of halogens is 2. The molecule has 0 aliphatic heterocycles. The Balaban J connectivity index is 2.23. The molecule has 2 atom stereocenters. The van der Waals surface area contributed by atoms with Crippen molar-refractivity contribution in [3.05, 3.63) is 0 Å². The van der Waals surface area contributed by atoms with Crippen LogP contribution in [0.1, 0.15) is 64.2 Å². The molecule has 1 saturated carbocycles. The van der Waals surface area contributed by atoms with Gasteiger partial charge in [0.25, 0.3) is 0 Å². The van der Waals surface area contributed by atoms with Gasteiger partial charge in [-0.1, -0.05) is 67.3 Å². The molecule has 0 radical (unpaired) electrons. The summed E-state index contributed by atoms with van der Waals surface area (Å²) < 4.78 is 13.5. The highest BCUT2D eigenvalue weighted by atomic mass is 79.9. The third kappa shape index (κ3) is 5.33. The second-order valence-electron chi connectivity index (χ2n) is 4.44. The van der Waals surface area contributed by atoms with Crippen LogP contribution >= 0.6 is 15.9 Å². The fraction of sp³-hybridized carbons (Fsp3) is 1.00. The number of hydrogen-bond donors (Lipinski definition) is 0. The molecule has 1 aliphatic carbocycles. The summed E-state index contributed by atoms with van der Waals surface area (Å²) in [5.41, 5.74) is 0.